The maximum atomic E-state index is 13.8. The average Bonchev–Trinajstić information content (AvgIpc) is 3.59. The number of amides is 1. The van der Waals surface area contributed by atoms with Gasteiger partial charge in [-0.05, 0) is 49.1 Å². The molecule has 2 aliphatic rings. The number of nitrogens with zero attached hydrogens (tertiary/aromatic N) is 5. The molecule has 1 aromatic carbocycles. The van der Waals surface area contributed by atoms with Crippen LogP contribution in [0.15, 0.2) is 48.1 Å². The summed E-state index contributed by atoms with van der Waals surface area (Å²) in [5.74, 6) is 2.19. The number of imidazole rings is 1. The van der Waals surface area contributed by atoms with Crippen molar-refractivity contribution in [2.24, 2.45) is 5.92 Å². The molecule has 0 radical (unpaired) electrons. The summed E-state index contributed by atoms with van der Waals surface area (Å²) >= 11 is 1.44. The number of rotatable bonds is 8. The highest BCUT2D eigenvalue weighted by atomic mass is 32.1. The molecule has 0 atom stereocenters. The number of hydrogen-bond donors (Lipinski definition) is 0. The Hall–Kier alpha value is -4.06. The molecule has 0 unspecified atom stereocenters. The topological polar surface area (TPSA) is 72.2 Å². The first-order chi connectivity index (χ1) is 19.8. The zero-order valence-electron chi connectivity index (χ0n) is 22.3. The fraction of sp³-hybridized carbons (Fsp3) is 0.345. The highest BCUT2D eigenvalue weighted by molar-refractivity contribution is 7.15. The summed E-state index contributed by atoms with van der Waals surface area (Å²) in [6.07, 6.45) is 4.30. The predicted octanol–water partition coefficient (Wildman–Crippen LogP) is 5.74. The highest BCUT2D eigenvalue weighted by Crippen LogP contribution is 2.36. The van der Waals surface area contributed by atoms with Gasteiger partial charge >= 0.3 is 6.18 Å². The molecule has 214 valence electrons. The third-order valence-electron chi connectivity index (χ3n) is 7.27. The quantitative estimate of drug-likeness (QED) is 0.264. The lowest BCUT2D eigenvalue weighted by Crippen LogP contribution is -2.49. The molecule has 0 spiro atoms. The summed E-state index contributed by atoms with van der Waals surface area (Å²) < 4.78 is 52.2. The van der Waals surface area contributed by atoms with Crippen molar-refractivity contribution in [3.8, 4) is 11.5 Å². The highest BCUT2D eigenvalue weighted by Gasteiger charge is 2.32. The first kappa shape index (κ1) is 27.1. The molecule has 4 heterocycles. The Morgan fingerprint density at radius 2 is 1.93 bits per heavy atom. The fourth-order valence-corrected chi connectivity index (χ4v) is 5.52. The Bertz CT molecular complexity index is 1570. The van der Waals surface area contributed by atoms with E-state index in [-0.39, 0.29) is 5.91 Å². The van der Waals surface area contributed by atoms with Crippen LogP contribution in [0.1, 0.15) is 40.2 Å². The molecule has 1 amide bonds. The van der Waals surface area contributed by atoms with Crippen LogP contribution in [0.25, 0.3) is 17.1 Å². The molecule has 41 heavy (non-hydrogen) atoms. The van der Waals surface area contributed by atoms with E-state index in [0.717, 1.165) is 17.8 Å². The van der Waals surface area contributed by atoms with Crippen LogP contribution in [-0.4, -0.2) is 65.1 Å². The molecule has 1 aliphatic heterocycles. The molecule has 6 rings (SSSR count). The molecule has 1 aliphatic carbocycles. The number of hydrogen-bond acceptors (Lipinski definition) is 7. The third kappa shape index (κ3) is 5.74. The van der Waals surface area contributed by atoms with Crippen LogP contribution >= 0.6 is 11.3 Å². The van der Waals surface area contributed by atoms with E-state index in [1.54, 1.807) is 16.4 Å². The van der Waals surface area contributed by atoms with Crippen molar-refractivity contribution in [1.29, 1.82) is 0 Å². The van der Waals surface area contributed by atoms with Crippen LogP contribution in [-0.2, 0) is 6.18 Å². The van der Waals surface area contributed by atoms with E-state index in [0.29, 0.717) is 72.4 Å². The number of methoxy groups -OCH3 is 1. The Labute approximate surface area is 238 Å². The second kappa shape index (κ2) is 11.1. The molecule has 0 N–H and O–H groups in total. The van der Waals surface area contributed by atoms with Crippen molar-refractivity contribution >= 4 is 40.2 Å². The number of anilines is 1. The minimum atomic E-state index is -4.43. The summed E-state index contributed by atoms with van der Waals surface area (Å²) in [6, 6.07) is 8.10. The fourth-order valence-electron chi connectivity index (χ4n) is 4.79. The molecule has 3 aromatic heterocycles. The van der Waals surface area contributed by atoms with Gasteiger partial charge in [0.25, 0.3) is 5.91 Å². The monoisotopic (exact) mass is 583 g/mol. The largest absolute Gasteiger partial charge is 0.493 e. The van der Waals surface area contributed by atoms with Gasteiger partial charge in [-0.25, -0.2) is 9.97 Å². The number of thiazole rings is 1. The summed E-state index contributed by atoms with van der Waals surface area (Å²) in [5.41, 5.74) is 1.05. The Balaban J connectivity index is 1.20. The number of pyridine rings is 1. The minimum Gasteiger partial charge on any atom is -0.493 e. The third-order valence-corrected chi connectivity index (χ3v) is 8.02. The smallest absolute Gasteiger partial charge is 0.417 e. The van der Waals surface area contributed by atoms with Crippen molar-refractivity contribution in [1.82, 2.24) is 19.3 Å². The van der Waals surface area contributed by atoms with E-state index < -0.39 is 11.7 Å². The van der Waals surface area contributed by atoms with Crippen LogP contribution in [0.3, 0.4) is 0 Å². The van der Waals surface area contributed by atoms with Crippen molar-refractivity contribution in [3.63, 3.8) is 0 Å². The molecule has 1 saturated carbocycles. The number of carbonyl (C=O) groups excluding carboxylic acids is 1. The van der Waals surface area contributed by atoms with E-state index in [4.69, 9.17) is 14.5 Å². The SMILES string of the molecule is COc1cccc(C=Cc2nc3sccn3c2C(=O)N2CCN(c3ccc(C(F)(F)F)cn3)CC2)c1OCC1CC1. The van der Waals surface area contributed by atoms with Gasteiger partial charge in [-0.1, -0.05) is 12.1 Å². The van der Waals surface area contributed by atoms with E-state index in [9.17, 15) is 18.0 Å². The first-order valence-electron chi connectivity index (χ1n) is 13.3. The van der Waals surface area contributed by atoms with Crippen molar-refractivity contribution < 1.29 is 27.4 Å². The van der Waals surface area contributed by atoms with E-state index >= 15 is 0 Å². The number of carbonyl (C=O) groups is 1. The van der Waals surface area contributed by atoms with Crippen LogP contribution < -0.4 is 14.4 Å². The Kier molecular flexibility index (Phi) is 7.33. The lowest BCUT2D eigenvalue weighted by atomic mass is 10.1. The van der Waals surface area contributed by atoms with E-state index in [1.165, 1.54) is 30.2 Å². The van der Waals surface area contributed by atoms with Crippen LogP contribution in [0, 0.1) is 5.92 Å². The zero-order valence-corrected chi connectivity index (χ0v) is 23.1. The molecule has 0 bridgehead atoms. The number of fused-ring (bicyclic) bond motifs is 1. The maximum Gasteiger partial charge on any atom is 0.417 e. The second-order valence-corrected chi connectivity index (χ2v) is 10.9. The lowest BCUT2D eigenvalue weighted by Gasteiger charge is -2.35. The second-order valence-electron chi connectivity index (χ2n) is 10.0. The average molecular weight is 584 g/mol. The normalized spacial score (nSPS) is 16.1. The van der Waals surface area contributed by atoms with Gasteiger partial charge in [0.15, 0.2) is 16.5 Å². The van der Waals surface area contributed by atoms with Gasteiger partial charge in [-0.2, -0.15) is 13.2 Å². The summed E-state index contributed by atoms with van der Waals surface area (Å²) in [4.78, 5) is 26.8. The molecule has 2 fully saturated rings. The van der Waals surface area contributed by atoms with Gasteiger partial charge in [0.2, 0.25) is 0 Å². The number of piperazine rings is 1. The molecule has 8 nitrogen and oxygen atoms in total. The number of aromatic nitrogens is 3. The van der Waals surface area contributed by atoms with E-state index in [2.05, 4.69) is 4.98 Å². The van der Waals surface area contributed by atoms with Crippen molar-refractivity contribution in [3.05, 3.63) is 70.6 Å². The number of para-hydroxylation sites is 1. The van der Waals surface area contributed by atoms with Crippen LogP contribution in [0.2, 0.25) is 0 Å². The van der Waals surface area contributed by atoms with Gasteiger partial charge in [-0.15, -0.1) is 11.3 Å². The minimum absolute atomic E-state index is 0.161. The summed E-state index contributed by atoms with van der Waals surface area (Å²) in [6.45, 7) is 2.34. The summed E-state index contributed by atoms with van der Waals surface area (Å²) in [5, 5.41) is 1.88. The van der Waals surface area contributed by atoms with Gasteiger partial charge in [0.05, 0.1) is 25.0 Å². The number of halogens is 3. The predicted molar refractivity (Wildman–Crippen MR) is 151 cm³/mol. The molecule has 4 aromatic rings. The van der Waals surface area contributed by atoms with Crippen LogP contribution in [0.4, 0.5) is 19.0 Å². The van der Waals surface area contributed by atoms with Crippen molar-refractivity contribution in [2.45, 2.75) is 19.0 Å². The number of benzene rings is 1. The Morgan fingerprint density at radius 1 is 1.12 bits per heavy atom. The van der Waals surface area contributed by atoms with Gasteiger partial charge < -0.3 is 19.3 Å². The maximum absolute atomic E-state index is 13.8. The van der Waals surface area contributed by atoms with Gasteiger partial charge in [0.1, 0.15) is 11.5 Å². The zero-order chi connectivity index (χ0) is 28.6. The molecule has 1 saturated heterocycles. The molecule has 12 heteroatoms. The van der Waals surface area contributed by atoms with Gasteiger partial charge in [0, 0.05) is 49.5 Å². The van der Waals surface area contributed by atoms with Gasteiger partial charge in [-0.3, -0.25) is 9.20 Å². The van der Waals surface area contributed by atoms with E-state index in [1.807, 2.05) is 46.8 Å². The molecular weight excluding hydrogens is 555 g/mol. The first-order valence-corrected chi connectivity index (χ1v) is 14.2. The standard InChI is InChI=1S/C29H28F3N5O3S/c1-39-23-4-2-3-20(26(23)40-18-19-5-6-19)7-9-22-25(37-15-16-41-28(37)34-22)27(38)36-13-11-35(12-14-36)24-10-8-21(17-33-24)29(30,31)32/h2-4,7-10,15-17,19H,5-6,11-14,18H2,1H3. The van der Waals surface area contributed by atoms with Crippen LogP contribution in [0.5, 0.6) is 11.5 Å². The van der Waals surface area contributed by atoms with Crippen molar-refractivity contribution in [2.75, 3.05) is 44.8 Å². The Morgan fingerprint density at radius 3 is 2.61 bits per heavy atom. The lowest BCUT2D eigenvalue weighted by molar-refractivity contribution is -0.137. The number of alkyl halides is 3. The molecular formula is C29H28F3N5O3S. The number of ether oxygens (including phenoxy) is 2. The summed E-state index contributed by atoms with van der Waals surface area (Å²) in [7, 11) is 1.61.